The summed E-state index contributed by atoms with van der Waals surface area (Å²) in [5, 5.41) is 1.20. The zero-order valence-electron chi connectivity index (χ0n) is 5.10. The summed E-state index contributed by atoms with van der Waals surface area (Å²) in [5.41, 5.74) is 0. The number of hydrogen-bond acceptors (Lipinski definition) is 0. The molecule has 10 heavy (non-hydrogen) atoms. The van der Waals surface area contributed by atoms with Gasteiger partial charge in [0.2, 0.25) is 0 Å². The van der Waals surface area contributed by atoms with E-state index in [4.69, 9.17) is 23.2 Å². The van der Waals surface area contributed by atoms with Crippen molar-refractivity contribution in [3.8, 4) is 0 Å². The van der Waals surface area contributed by atoms with Gasteiger partial charge in [-0.05, 0) is 0 Å². The second-order valence-electron chi connectivity index (χ2n) is 1.35. The average molecular weight is 339 g/mol. The van der Waals surface area contributed by atoms with E-state index in [9.17, 15) is 0 Å². The molecule has 0 unspecified atom stereocenters. The van der Waals surface area contributed by atoms with E-state index in [1.54, 1.807) is 18.2 Å². The van der Waals surface area contributed by atoms with E-state index in [0.29, 0.717) is 10.0 Å². The quantitative estimate of drug-likeness (QED) is 0.386. The Morgan fingerprint density at radius 3 is 2.20 bits per heavy atom. The van der Waals surface area contributed by atoms with E-state index in [0.717, 1.165) is 0 Å². The molecule has 0 N–H and O–H groups in total. The molecule has 52 valence electrons. The van der Waals surface area contributed by atoms with Crippen LogP contribution in [0.5, 0.6) is 0 Å². The molecule has 0 radical (unpaired) electrons. The summed E-state index contributed by atoms with van der Waals surface area (Å²) in [6.45, 7) is 0. The molecule has 0 aliphatic heterocycles. The van der Waals surface area contributed by atoms with Gasteiger partial charge < -0.3 is 0 Å². The molecule has 0 amide bonds. The zero-order valence-corrected chi connectivity index (χ0v) is 11.9. The maximum absolute atomic E-state index is 5.54. The third-order valence-electron chi connectivity index (χ3n) is 0.728. The predicted molar refractivity (Wildman–Crippen MR) is 50.7 cm³/mol. The molecule has 0 aromatic heterocycles. The molecule has 4 heteroatoms. The Morgan fingerprint density at radius 1 is 1.30 bits per heavy atom. The largest absolute Gasteiger partial charge is 0.174 e. The second kappa shape index (κ2) is 6.84. The van der Waals surface area contributed by atoms with Crippen LogP contribution < -0.4 is 0 Å². The molecule has 0 fully saturated rings. The van der Waals surface area contributed by atoms with Crippen molar-refractivity contribution in [2.75, 3.05) is 0 Å². The predicted octanol–water partition coefficient (Wildman–Crippen LogP) is 3.41. The van der Waals surface area contributed by atoms with Crippen molar-refractivity contribution in [3.63, 3.8) is 0 Å². The topological polar surface area (TPSA) is 0 Å². The summed E-state index contributed by atoms with van der Waals surface area (Å²) in [6.07, 6.45) is 0. The molecule has 0 spiro atoms. The molecule has 0 aliphatic rings. The molecule has 1 rings (SSSR count). The summed E-state index contributed by atoms with van der Waals surface area (Å²) >= 11 is 11.0. The van der Waals surface area contributed by atoms with Crippen LogP contribution in [0.15, 0.2) is 18.2 Å². The molecule has 1 aromatic carbocycles. The van der Waals surface area contributed by atoms with Crippen molar-refractivity contribution in [3.05, 3.63) is 34.3 Å². The van der Waals surface area contributed by atoms with Gasteiger partial charge in [-0.2, -0.15) is 18.2 Å². The van der Waals surface area contributed by atoms with E-state index in [1.165, 1.54) is 0 Å². The molecule has 1 aromatic rings. The molecule has 0 saturated heterocycles. The van der Waals surface area contributed by atoms with Crippen molar-refractivity contribution in [1.82, 2.24) is 0 Å². The minimum atomic E-state index is 0. The first-order valence-electron chi connectivity index (χ1n) is 2.12. The molecule has 0 heterocycles. The third kappa shape index (κ3) is 4.89. The first-order valence-corrected chi connectivity index (χ1v) is 2.87. The summed E-state index contributed by atoms with van der Waals surface area (Å²) in [5.74, 6) is 0. The first kappa shape index (κ1) is 13.7. The van der Waals surface area contributed by atoms with Crippen LogP contribution in [-0.2, 0) is 19.5 Å². The summed E-state index contributed by atoms with van der Waals surface area (Å²) in [4.78, 5) is 0. The molecule has 0 bridgehead atoms. The van der Waals surface area contributed by atoms with Crippen LogP contribution in [0, 0.1) is 6.07 Å². The Balaban J connectivity index is 0. The van der Waals surface area contributed by atoms with Gasteiger partial charge in [0, 0.05) is 19.5 Å². The van der Waals surface area contributed by atoms with Crippen LogP contribution in [0.25, 0.3) is 0 Å². The van der Waals surface area contributed by atoms with Gasteiger partial charge in [0.1, 0.15) is 0 Å². The number of hydrogen-bond donors (Lipinski definition) is 0. The van der Waals surface area contributed by atoms with Crippen LogP contribution in [0.4, 0.5) is 0 Å². The van der Waals surface area contributed by atoms with E-state index in [-0.39, 0.29) is 43.5 Å². The Hall–Kier alpha value is 1.15. The molecule has 0 atom stereocenters. The average Bonchev–Trinajstić information content (AvgIpc) is 1.64. The Bertz CT molecular complexity index is 176. The van der Waals surface area contributed by atoms with Gasteiger partial charge >= 0.3 is 0 Å². The van der Waals surface area contributed by atoms with Crippen LogP contribution >= 0.6 is 47.2 Å². The molecule has 0 nitrogen and oxygen atoms in total. The number of benzene rings is 1. The maximum Gasteiger partial charge on any atom is 0 e. The normalized spacial score (nSPS) is 7.40. The fourth-order valence-corrected chi connectivity index (χ4v) is 0.820. The van der Waals surface area contributed by atoms with E-state index in [1.807, 2.05) is 0 Å². The van der Waals surface area contributed by atoms with Gasteiger partial charge in [-0.15, -0.1) is 53.2 Å². The fourth-order valence-electron chi connectivity index (χ4n) is 0.412. The number of rotatable bonds is 0. The summed E-state index contributed by atoms with van der Waals surface area (Å²) in [6, 6.07) is 7.81. The van der Waals surface area contributed by atoms with Crippen molar-refractivity contribution in [2.24, 2.45) is 0 Å². The third-order valence-corrected chi connectivity index (χ3v) is 1.18. The molecule has 0 aliphatic carbocycles. The van der Waals surface area contributed by atoms with Gasteiger partial charge in [-0.1, -0.05) is 10.0 Å². The smallest absolute Gasteiger partial charge is 0 e. The monoisotopic (exact) mass is 337 g/mol. The van der Waals surface area contributed by atoms with Gasteiger partial charge in [0.05, 0.1) is 0 Å². The molecular weight excluding hydrogens is 335 g/mol. The van der Waals surface area contributed by atoms with Crippen molar-refractivity contribution in [2.45, 2.75) is 0 Å². The maximum atomic E-state index is 5.54. The van der Waals surface area contributed by atoms with Crippen molar-refractivity contribution >= 4 is 47.2 Å². The fraction of sp³-hybridized carbons (Fsp3) is 0. The standard InChI is InChI=1S/C6H3Cl2.HI.Zn/c7-5-2-1-3-6(8)4-5;;/h1-2,4H;1H;/q-1;;. The zero-order chi connectivity index (χ0) is 5.98. The second-order valence-corrected chi connectivity index (χ2v) is 2.20. The minimum Gasteiger partial charge on any atom is -0.174 e. The molecular formula is C6H4Cl2IZn-. The first-order chi connectivity index (χ1) is 3.79. The van der Waals surface area contributed by atoms with E-state index in [2.05, 4.69) is 6.07 Å². The van der Waals surface area contributed by atoms with Crippen molar-refractivity contribution in [1.29, 1.82) is 0 Å². The van der Waals surface area contributed by atoms with Crippen molar-refractivity contribution < 1.29 is 19.5 Å². The van der Waals surface area contributed by atoms with Gasteiger partial charge in [0.15, 0.2) is 0 Å². The minimum absolute atomic E-state index is 0. The SMILES string of the molecule is Clc1[c-]ccc(Cl)c1.I.[Zn]. The van der Waals surface area contributed by atoms with Crippen LogP contribution in [-0.4, -0.2) is 0 Å². The number of halogens is 3. The van der Waals surface area contributed by atoms with E-state index < -0.39 is 0 Å². The van der Waals surface area contributed by atoms with E-state index >= 15 is 0 Å². The van der Waals surface area contributed by atoms with Gasteiger partial charge in [0.25, 0.3) is 0 Å². The Morgan fingerprint density at radius 2 is 1.90 bits per heavy atom. The van der Waals surface area contributed by atoms with Crippen LogP contribution in [0.2, 0.25) is 10.0 Å². The van der Waals surface area contributed by atoms with Gasteiger partial charge in [-0.25, -0.2) is 0 Å². The summed E-state index contributed by atoms with van der Waals surface area (Å²) in [7, 11) is 0. The summed E-state index contributed by atoms with van der Waals surface area (Å²) < 4.78 is 0. The Labute approximate surface area is 100 Å². The van der Waals surface area contributed by atoms with Crippen LogP contribution in [0.3, 0.4) is 0 Å². The van der Waals surface area contributed by atoms with Crippen LogP contribution in [0.1, 0.15) is 0 Å². The van der Waals surface area contributed by atoms with Gasteiger partial charge in [-0.3, -0.25) is 0 Å². The molecule has 0 saturated carbocycles. The Kier molecular flexibility index (Phi) is 9.38.